The molecule has 0 saturated carbocycles. The summed E-state index contributed by atoms with van der Waals surface area (Å²) >= 11 is 0. The second kappa shape index (κ2) is 5.29. The van der Waals surface area contributed by atoms with Crippen molar-refractivity contribution in [2.75, 3.05) is 0 Å². The van der Waals surface area contributed by atoms with Gasteiger partial charge in [0.15, 0.2) is 0 Å². The molecular weight excluding hydrogens is 182 g/mol. The lowest BCUT2D eigenvalue weighted by molar-refractivity contribution is -0.137. The lowest BCUT2D eigenvalue weighted by atomic mass is 10.2. The molecule has 0 spiro atoms. The Morgan fingerprint density at radius 2 is 2.50 bits per heavy atom. The van der Waals surface area contributed by atoms with Gasteiger partial charge in [-0.25, -0.2) is 9.97 Å². The first-order valence-electron chi connectivity index (χ1n) is 4.38. The zero-order valence-electron chi connectivity index (χ0n) is 7.97. The van der Waals surface area contributed by atoms with Gasteiger partial charge >= 0.3 is 5.97 Å². The number of nitrogens with one attached hydrogen (secondary N) is 1. The Labute approximate surface area is 82.2 Å². The third-order valence-electron chi connectivity index (χ3n) is 1.76. The van der Waals surface area contributed by atoms with Gasteiger partial charge in [0.2, 0.25) is 0 Å². The van der Waals surface area contributed by atoms with Gasteiger partial charge in [-0.05, 0) is 13.0 Å². The van der Waals surface area contributed by atoms with Crippen molar-refractivity contribution in [2.45, 2.75) is 25.9 Å². The first-order valence-corrected chi connectivity index (χ1v) is 4.38. The van der Waals surface area contributed by atoms with E-state index in [0.29, 0.717) is 6.54 Å². The number of aliphatic carboxylic acids is 1. The summed E-state index contributed by atoms with van der Waals surface area (Å²) in [6.45, 7) is 2.40. The molecule has 0 aliphatic carbocycles. The maximum atomic E-state index is 10.4. The second-order valence-corrected chi connectivity index (χ2v) is 3.08. The standard InChI is InChI=1S/C9H13N3O2/c1-7(4-9(13)14)11-5-8-2-3-10-6-12-8/h2-3,6-7,11H,4-5H2,1H3,(H,13,14). The number of nitrogens with zero attached hydrogens (tertiary/aromatic N) is 2. The highest BCUT2D eigenvalue weighted by molar-refractivity contribution is 5.67. The summed E-state index contributed by atoms with van der Waals surface area (Å²) in [5, 5.41) is 11.6. The molecule has 1 heterocycles. The van der Waals surface area contributed by atoms with Crippen molar-refractivity contribution in [1.29, 1.82) is 0 Å². The average Bonchev–Trinajstić information content (AvgIpc) is 2.15. The van der Waals surface area contributed by atoms with Crippen molar-refractivity contribution in [3.63, 3.8) is 0 Å². The lowest BCUT2D eigenvalue weighted by Gasteiger charge is -2.10. The summed E-state index contributed by atoms with van der Waals surface area (Å²) in [6, 6.07) is 1.74. The fourth-order valence-corrected chi connectivity index (χ4v) is 1.04. The van der Waals surface area contributed by atoms with E-state index < -0.39 is 5.97 Å². The lowest BCUT2D eigenvalue weighted by Crippen LogP contribution is -2.28. The van der Waals surface area contributed by atoms with Crippen LogP contribution in [0.15, 0.2) is 18.6 Å². The van der Waals surface area contributed by atoms with Crippen LogP contribution in [0.3, 0.4) is 0 Å². The molecule has 14 heavy (non-hydrogen) atoms. The van der Waals surface area contributed by atoms with E-state index >= 15 is 0 Å². The molecule has 0 aromatic carbocycles. The van der Waals surface area contributed by atoms with Crippen LogP contribution in [0.5, 0.6) is 0 Å². The summed E-state index contributed by atoms with van der Waals surface area (Å²) in [5.41, 5.74) is 0.859. The van der Waals surface area contributed by atoms with Crippen LogP contribution >= 0.6 is 0 Å². The van der Waals surface area contributed by atoms with Gasteiger partial charge in [-0.3, -0.25) is 4.79 Å². The molecule has 2 N–H and O–H groups in total. The molecule has 1 atom stereocenters. The fourth-order valence-electron chi connectivity index (χ4n) is 1.04. The van der Waals surface area contributed by atoms with E-state index in [1.165, 1.54) is 6.33 Å². The molecule has 0 bridgehead atoms. The fraction of sp³-hybridized carbons (Fsp3) is 0.444. The monoisotopic (exact) mass is 195 g/mol. The molecule has 1 aromatic heterocycles. The van der Waals surface area contributed by atoms with Gasteiger partial charge in [0.1, 0.15) is 6.33 Å². The molecule has 0 saturated heterocycles. The van der Waals surface area contributed by atoms with Crippen molar-refractivity contribution in [2.24, 2.45) is 0 Å². The van der Waals surface area contributed by atoms with Gasteiger partial charge < -0.3 is 10.4 Å². The Hall–Kier alpha value is -1.49. The quantitative estimate of drug-likeness (QED) is 0.712. The smallest absolute Gasteiger partial charge is 0.304 e. The Kier molecular flexibility index (Phi) is 4.00. The van der Waals surface area contributed by atoms with Crippen LogP contribution in [0.1, 0.15) is 19.0 Å². The molecule has 0 aliphatic heterocycles. The van der Waals surface area contributed by atoms with E-state index in [1.54, 1.807) is 12.3 Å². The van der Waals surface area contributed by atoms with Gasteiger partial charge in [-0.2, -0.15) is 0 Å². The first-order chi connectivity index (χ1) is 6.68. The maximum Gasteiger partial charge on any atom is 0.304 e. The molecule has 1 rings (SSSR count). The molecule has 0 fully saturated rings. The van der Waals surface area contributed by atoms with Crippen LogP contribution in [-0.4, -0.2) is 27.1 Å². The molecule has 5 heteroatoms. The molecule has 1 aromatic rings. The van der Waals surface area contributed by atoms with Crippen LogP contribution in [-0.2, 0) is 11.3 Å². The third-order valence-corrected chi connectivity index (χ3v) is 1.76. The predicted octanol–water partition coefficient (Wildman–Crippen LogP) is 0.429. The second-order valence-electron chi connectivity index (χ2n) is 3.08. The molecule has 76 valence electrons. The number of carboxylic acids is 1. The summed E-state index contributed by atoms with van der Waals surface area (Å²) < 4.78 is 0. The number of carbonyl (C=O) groups is 1. The van der Waals surface area contributed by atoms with Crippen molar-refractivity contribution in [1.82, 2.24) is 15.3 Å². The van der Waals surface area contributed by atoms with Crippen LogP contribution in [0.2, 0.25) is 0 Å². The minimum absolute atomic E-state index is 0.0533. The van der Waals surface area contributed by atoms with Crippen molar-refractivity contribution in [3.8, 4) is 0 Å². The predicted molar refractivity (Wildman–Crippen MR) is 50.6 cm³/mol. The van der Waals surface area contributed by atoms with Crippen LogP contribution in [0.25, 0.3) is 0 Å². The Morgan fingerprint density at radius 3 is 3.07 bits per heavy atom. The van der Waals surface area contributed by atoms with Crippen LogP contribution in [0.4, 0.5) is 0 Å². The number of carboxylic acid groups (broad SMARTS) is 1. The zero-order valence-corrected chi connectivity index (χ0v) is 7.97. The summed E-state index contributed by atoms with van der Waals surface area (Å²) in [5.74, 6) is -0.798. The number of hydrogen-bond donors (Lipinski definition) is 2. The summed E-state index contributed by atoms with van der Waals surface area (Å²) in [7, 11) is 0. The largest absolute Gasteiger partial charge is 0.481 e. The topological polar surface area (TPSA) is 75.1 Å². The molecule has 0 aliphatic rings. The van der Waals surface area contributed by atoms with Gasteiger partial charge in [0.25, 0.3) is 0 Å². The van der Waals surface area contributed by atoms with E-state index in [4.69, 9.17) is 5.11 Å². The van der Waals surface area contributed by atoms with Crippen LogP contribution in [0, 0.1) is 0 Å². The van der Waals surface area contributed by atoms with Crippen LogP contribution < -0.4 is 5.32 Å². The SMILES string of the molecule is CC(CC(=O)O)NCc1ccncn1. The van der Waals surface area contributed by atoms with E-state index in [1.807, 2.05) is 6.92 Å². The first kappa shape index (κ1) is 10.6. The number of aromatic nitrogens is 2. The molecule has 0 amide bonds. The van der Waals surface area contributed by atoms with Gasteiger partial charge in [0, 0.05) is 18.8 Å². The van der Waals surface area contributed by atoms with E-state index in [-0.39, 0.29) is 12.5 Å². The van der Waals surface area contributed by atoms with E-state index in [0.717, 1.165) is 5.69 Å². The van der Waals surface area contributed by atoms with E-state index in [2.05, 4.69) is 15.3 Å². The number of rotatable bonds is 5. The number of hydrogen-bond acceptors (Lipinski definition) is 4. The van der Waals surface area contributed by atoms with Crippen molar-refractivity contribution in [3.05, 3.63) is 24.3 Å². The molecule has 1 unspecified atom stereocenters. The highest BCUT2D eigenvalue weighted by Gasteiger charge is 2.06. The molecular formula is C9H13N3O2. The Morgan fingerprint density at radius 1 is 1.71 bits per heavy atom. The average molecular weight is 195 g/mol. The van der Waals surface area contributed by atoms with Gasteiger partial charge in [0.05, 0.1) is 12.1 Å². The normalized spacial score (nSPS) is 12.4. The summed E-state index contributed by atoms with van der Waals surface area (Å²) in [4.78, 5) is 18.2. The highest BCUT2D eigenvalue weighted by atomic mass is 16.4. The van der Waals surface area contributed by atoms with Crippen molar-refractivity contribution >= 4 is 5.97 Å². The Bertz CT molecular complexity index is 289. The molecule has 0 radical (unpaired) electrons. The zero-order chi connectivity index (χ0) is 10.4. The van der Waals surface area contributed by atoms with Gasteiger partial charge in [-0.1, -0.05) is 0 Å². The minimum atomic E-state index is -0.798. The van der Waals surface area contributed by atoms with Gasteiger partial charge in [-0.15, -0.1) is 0 Å². The minimum Gasteiger partial charge on any atom is -0.481 e. The highest BCUT2D eigenvalue weighted by Crippen LogP contribution is 1.94. The Balaban J connectivity index is 2.30. The van der Waals surface area contributed by atoms with Crippen molar-refractivity contribution < 1.29 is 9.90 Å². The third kappa shape index (κ3) is 3.95. The maximum absolute atomic E-state index is 10.4. The molecule has 5 nitrogen and oxygen atoms in total. The summed E-state index contributed by atoms with van der Waals surface area (Å²) in [6.07, 6.45) is 3.25. The van der Waals surface area contributed by atoms with E-state index in [9.17, 15) is 4.79 Å².